The average Bonchev–Trinajstić information content (AvgIpc) is 2.45. The highest BCUT2D eigenvalue weighted by Crippen LogP contribution is 2.30. The zero-order valence-corrected chi connectivity index (χ0v) is 14.9. The molecular weight excluding hydrogens is 328 g/mol. The Balaban J connectivity index is 1.98. The normalized spacial score (nSPS) is 22.6. The van der Waals surface area contributed by atoms with E-state index in [4.69, 9.17) is 4.74 Å². The van der Waals surface area contributed by atoms with Crippen LogP contribution in [0.5, 0.6) is 0 Å². The summed E-state index contributed by atoms with van der Waals surface area (Å²) < 4.78 is 6.24. The second-order valence-corrected chi connectivity index (χ2v) is 6.97. The van der Waals surface area contributed by atoms with Gasteiger partial charge < -0.3 is 15.0 Å². The van der Waals surface area contributed by atoms with Crippen LogP contribution in [0.2, 0.25) is 0 Å². The number of ether oxygens (including phenoxy) is 1. The van der Waals surface area contributed by atoms with Crippen LogP contribution in [-0.4, -0.2) is 32.8 Å². The molecule has 1 aliphatic rings. The first-order valence-electron chi connectivity index (χ1n) is 7.86. The number of nitrogens with one attached hydrogen (secondary N) is 1. The molecule has 0 spiro atoms. The van der Waals surface area contributed by atoms with Gasteiger partial charge in [-0.05, 0) is 43.4 Å². The van der Waals surface area contributed by atoms with Gasteiger partial charge in [-0.2, -0.15) is 0 Å². The SMILES string of the molecule is COCCNCc1ccc(N2CCC(C)CC2C)cc1Br. The van der Waals surface area contributed by atoms with E-state index in [1.54, 1.807) is 7.11 Å². The molecule has 1 aromatic carbocycles. The van der Waals surface area contributed by atoms with Crippen molar-refractivity contribution in [2.75, 3.05) is 31.7 Å². The number of piperidine rings is 1. The van der Waals surface area contributed by atoms with E-state index in [1.165, 1.54) is 35.1 Å². The van der Waals surface area contributed by atoms with Crippen molar-refractivity contribution in [3.63, 3.8) is 0 Å². The molecule has 1 heterocycles. The summed E-state index contributed by atoms with van der Waals surface area (Å²) in [6, 6.07) is 7.38. The van der Waals surface area contributed by atoms with Crippen LogP contribution in [0.3, 0.4) is 0 Å². The lowest BCUT2D eigenvalue weighted by atomic mass is 9.93. The Morgan fingerprint density at radius 2 is 2.19 bits per heavy atom. The molecule has 1 aromatic rings. The molecule has 1 aliphatic heterocycles. The molecule has 21 heavy (non-hydrogen) atoms. The van der Waals surface area contributed by atoms with Crippen molar-refractivity contribution >= 4 is 21.6 Å². The quantitative estimate of drug-likeness (QED) is 0.786. The molecule has 4 heteroatoms. The fraction of sp³-hybridized carbons (Fsp3) is 0.647. The van der Waals surface area contributed by atoms with Crippen molar-refractivity contribution in [2.24, 2.45) is 5.92 Å². The van der Waals surface area contributed by atoms with Crippen LogP contribution in [0.4, 0.5) is 5.69 Å². The minimum absolute atomic E-state index is 0.631. The van der Waals surface area contributed by atoms with Gasteiger partial charge in [0.25, 0.3) is 0 Å². The molecule has 1 fully saturated rings. The Bertz CT molecular complexity index is 452. The van der Waals surface area contributed by atoms with Gasteiger partial charge in [0, 0.05) is 42.9 Å². The van der Waals surface area contributed by atoms with E-state index in [2.05, 4.69) is 58.2 Å². The van der Waals surface area contributed by atoms with Crippen LogP contribution in [-0.2, 0) is 11.3 Å². The Hall–Kier alpha value is -0.580. The number of nitrogens with zero attached hydrogens (tertiary/aromatic N) is 1. The Morgan fingerprint density at radius 1 is 1.38 bits per heavy atom. The van der Waals surface area contributed by atoms with Gasteiger partial charge in [0.2, 0.25) is 0 Å². The monoisotopic (exact) mass is 354 g/mol. The molecule has 0 aromatic heterocycles. The standard InChI is InChI=1S/C17H27BrN2O/c1-13-6-8-20(14(2)10-13)16-5-4-15(17(18)11-16)12-19-7-9-21-3/h4-5,11,13-14,19H,6-10,12H2,1-3H3. The van der Waals surface area contributed by atoms with Crippen LogP contribution in [0.15, 0.2) is 22.7 Å². The van der Waals surface area contributed by atoms with Gasteiger partial charge in [0.1, 0.15) is 0 Å². The maximum Gasteiger partial charge on any atom is 0.0587 e. The predicted octanol–water partition coefficient (Wildman–Crippen LogP) is 3.81. The second kappa shape index (κ2) is 8.16. The third kappa shape index (κ3) is 4.70. The van der Waals surface area contributed by atoms with E-state index in [-0.39, 0.29) is 0 Å². The van der Waals surface area contributed by atoms with Crippen molar-refractivity contribution < 1.29 is 4.74 Å². The number of methoxy groups -OCH3 is 1. The van der Waals surface area contributed by atoms with Crippen molar-refractivity contribution in [2.45, 2.75) is 39.3 Å². The van der Waals surface area contributed by atoms with E-state index in [0.29, 0.717) is 6.04 Å². The summed E-state index contributed by atoms with van der Waals surface area (Å²) in [5.74, 6) is 0.851. The van der Waals surface area contributed by atoms with E-state index >= 15 is 0 Å². The van der Waals surface area contributed by atoms with Gasteiger partial charge in [-0.25, -0.2) is 0 Å². The van der Waals surface area contributed by atoms with E-state index < -0.39 is 0 Å². The first-order chi connectivity index (χ1) is 10.1. The first kappa shape index (κ1) is 16.8. The van der Waals surface area contributed by atoms with Crippen LogP contribution in [0, 0.1) is 5.92 Å². The molecule has 1 N–H and O–H groups in total. The first-order valence-corrected chi connectivity index (χ1v) is 8.66. The second-order valence-electron chi connectivity index (χ2n) is 6.12. The molecule has 1 saturated heterocycles. The number of anilines is 1. The van der Waals surface area contributed by atoms with Crippen LogP contribution in [0.1, 0.15) is 32.3 Å². The Morgan fingerprint density at radius 3 is 2.86 bits per heavy atom. The fourth-order valence-corrected chi connectivity index (χ4v) is 3.55. The molecule has 118 valence electrons. The number of hydrogen-bond donors (Lipinski definition) is 1. The molecule has 0 aliphatic carbocycles. The molecular formula is C17H27BrN2O. The number of hydrogen-bond acceptors (Lipinski definition) is 3. The largest absolute Gasteiger partial charge is 0.383 e. The van der Waals surface area contributed by atoms with Crippen molar-refractivity contribution in [1.29, 1.82) is 0 Å². The minimum Gasteiger partial charge on any atom is -0.383 e. The van der Waals surface area contributed by atoms with Crippen molar-refractivity contribution in [3.8, 4) is 0 Å². The number of rotatable bonds is 6. The maximum absolute atomic E-state index is 5.05. The number of halogens is 1. The lowest BCUT2D eigenvalue weighted by Gasteiger charge is -2.38. The van der Waals surface area contributed by atoms with Crippen LogP contribution in [0.25, 0.3) is 0 Å². The lowest BCUT2D eigenvalue weighted by Crippen LogP contribution is -2.40. The molecule has 0 saturated carbocycles. The molecule has 0 radical (unpaired) electrons. The summed E-state index contributed by atoms with van der Waals surface area (Å²) in [5, 5.41) is 3.39. The highest BCUT2D eigenvalue weighted by molar-refractivity contribution is 9.10. The van der Waals surface area contributed by atoms with Crippen LogP contribution < -0.4 is 10.2 Å². The maximum atomic E-state index is 5.05. The minimum atomic E-state index is 0.631. The lowest BCUT2D eigenvalue weighted by molar-refractivity contribution is 0.199. The van der Waals surface area contributed by atoms with Gasteiger partial charge in [-0.1, -0.05) is 28.9 Å². The Labute approximate surface area is 137 Å². The molecule has 0 amide bonds. The van der Waals surface area contributed by atoms with E-state index in [1.807, 2.05) is 0 Å². The van der Waals surface area contributed by atoms with Gasteiger partial charge in [0.15, 0.2) is 0 Å². The van der Waals surface area contributed by atoms with Crippen LogP contribution >= 0.6 is 15.9 Å². The van der Waals surface area contributed by atoms with E-state index in [0.717, 1.165) is 25.6 Å². The average molecular weight is 355 g/mol. The third-order valence-electron chi connectivity index (χ3n) is 4.31. The van der Waals surface area contributed by atoms with Gasteiger partial charge in [-0.3, -0.25) is 0 Å². The Kier molecular flexibility index (Phi) is 6.52. The molecule has 0 bridgehead atoms. The van der Waals surface area contributed by atoms with Crippen molar-refractivity contribution in [1.82, 2.24) is 5.32 Å². The van der Waals surface area contributed by atoms with Gasteiger partial charge >= 0.3 is 0 Å². The molecule has 2 atom stereocenters. The summed E-state index contributed by atoms with van der Waals surface area (Å²) >= 11 is 3.72. The smallest absolute Gasteiger partial charge is 0.0587 e. The molecule has 3 nitrogen and oxygen atoms in total. The van der Waals surface area contributed by atoms with Gasteiger partial charge in [0.05, 0.1) is 6.61 Å². The fourth-order valence-electron chi connectivity index (χ4n) is 3.05. The van der Waals surface area contributed by atoms with E-state index in [9.17, 15) is 0 Å². The van der Waals surface area contributed by atoms with Crippen molar-refractivity contribution in [3.05, 3.63) is 28.2 Å². The molecule has 2 unspecified atom stereocenters. The zero-order valence-electron chi connectivity index (χ0n) is 13.4. The highest BCUT2D eigenvalue weighted by atomic mass is 79.9. The zero-order chi connectivity index (χ0) is 15.2. The summed E-state index contributed by atoms with van der Waals surface area (Å²) in [4.78, 5) is 2.53. The summed E-state index contributed by atoms with van der Waals surface area (Å²) in [5.41, 5.74) is 2.63. The number of benzene rings is 1. The summed E-state index contributed by atoms with van der Waals surface area (Å²) in [7, 11) is 1.73. The summed E-state index contributed by atoms with van der Waals surface area (Å²) in [6.45, 7) is 8.37. The predicted molar refractivity (Wildman–Crippen MR) is 92.9 cm³/mol. The highest BCUT2D eigenvalue weighted by Gasteiger charge is 2.23. The topological polar surface area (TPSA) is 24.5 Å². The third-order valence-corrected chi connectivity index (χ3v) is 5.04. The molecule has 2 rings (SSSR count). The van der Waals surface area contributed by atoms with Gasteiger partial charge in [-0.15, -0.1) is 0 Å². The summed E-state index contributed by atoms with van der Waals surface area (Å²) in [6.07, 6.45) is 2.58.